The molecular weight excluding hydrogens is 643 g/mol. The number of aromatic nitrogens is 2. The second kappa shape index (κ2) is 18.6. The first-order valence-corrected chi connectivity index (χ1v) is 17.0. The summed E-state index contributed by atoms with van der Waals surface area (Å²) in [4.78, 5) is 60.5. The maximum Gasteiger partial charge on any atom is 0.408 e. The largest absolute Gasteiger partial charge is 0.466 e. The minimum Gasteiger partial charge on any atom is -0.466 e. The number of thiol groups is 1. The first-order valence-electron chi connectivity index (χ1n) is 16.5. The smallest absolute Gasteiger partial charge is 0.408 e. The molecule has 0 bridgehead atoms. The number of hydrogen-bond acceptors (Lipinski definition) is 8. The van der Waals surface area contributed by atoms with E-state index in [0.29, 0.717) is 12.1 Å². The van der Waals surface area contributed by atoms with Crippen LogP contribution >= 0.6 is 12.6 Å². The summed E-state index contributed by atoms with van der Waals surface area (Å²) in [6, 6.07) is 20.1. The minimum atomic E-state index is -1.09. The number of aromatic amines is 1. The van der Waals surface area contributed by atoms with Crippen LogP contribution in [0.2, 0.25) is 0 Å². The molecule has 0 unspecified atom stereocenters. The van der Waals surface area contributed by atoms with E-state index in [9.17, 15) is 19.2 Å². The third-order valence-electron chi connectivity index (χ3n) is 7.92. The summed E-state index contributed by atoms with van der Waals surface area (Å²) in [6.45, 7) is 6.01. The maximum atomic E-state index is 14.1. The average molecular weight is 688 g/mol. The number of ether oxygens (including phenoxy) is 2. The summed E-state index contributed by atoms with van der Waals surface area (Å²) in [5.74, 6) is -1.28. The van der Waals surface area contributed by atoms with Crippen LogP contribution in [0.3, 0.4) is 0 Å². The van der Waals surface area contributed by atoms with Gasteiger partial charge in [-0.15, -0.1) is 0 Å². The highest BCUT2D eigenvalue weighted by Gasteiger charge is 2.31. The van der Waals surface area contributed by atoms with E-state index in [1.54, 1.807) is 13.1 Å². The van der Waals surface area contributed by atoms with Gasteiger partial charge in [-0.2, -0.15) is 12.6 Å². The lowest BCUT2D eigenvalue weighted by molar-refractivity contribution is -0.143. The lowest BCUT2D eigenvalue weighted by Crippen LogP contribution is -2.57. The van der Waals surface area contributed by atoms with E-state index >= 15 is 0 Å². The summed E-state index contributed by atoms with van der Waals surface area (Å²) in [5, 5.41) is 10.0. The Labute approximate surface area is 292 Å². The lowest BCUT2D eigenvalue weighted by atomic mass is 9.97. The number of alkyl carbamates (subject to hydrolysis) is 1. The van der Waals surface area contributed by atoms with E-state index in [0.717, 1.165) is 21.9 Å². The zero-order valence-electron chi connectivity index (χ0n) is 28.1. The van der Waals surface area contributed by atoms with Gasteiger partial charge in [-0.25, -0.2) is 9.78 Å². The van der Waals surface area contributed by atoms with Crippen molar-refractivity contribution in [3.8, 4) is 0 Å². The number of carbonyl (C=O) groups excluding carboxylic acids is 4. The van der Waals surface area contributed by atoms with Crippen LogP contribution in [0.25, 0.3) is 10.8 Å². The van der Waals surface area contributed by atoms with Gasteiger partial charge in [-0.1, -0.05) is 86.6 Å². The Hall–Kier alpha value is -4.84. The third-order valence-corrected chi connectivity index (χ3v) is 8.47. The van der Waals surface area contributed by atoms with Crippen molar-refractivity contribution in [3.05, 3.63) is 102 Å². The summed E-state index contributed by atoms with van der Waals surface area (Å²) in [7, 11) is 0. The first-order chi connectivity index (χ1) is 23.6. The molecule has 12 heteroatoms. The van der Waals surface area contributed by atoms with Crippen LogP contribution in [0.1, 0.15) is 50.4 Å². The number of fused-ring (bicyclic) bond motifs is 1. The summed E-state index contributed by atoms with van der Waals surface area (Å²) >= 11 is 4.65. The van der Waals surface area contributed by atoms with Crippen molar-refractivity contribution in [3.63, 3.8) is 0 Å². The molecule has 3 amide bonds. The molecule has 0 aliphatic rings. The first kappa shape index (κ1) is 37.0. The Balaban J connectivity index is 1.57. The van der Waals surface area contributed by atoms with Crippen molar-refractivity contribution in [2.24, 2.45) is 5.92 Å². The van der Waals surface area contributed by atoms with Gasteiger partial charge in [0.15, 0.2) is 0 Å². The van der Waals surface area contributed by atoms with Gasteiger partial charge < -0.3 is 30.4 Å². The molecule has 0 saturated heterocycles. The molecule has 0 fully saturated rings. The molecule has 3 aromatic carbocycles. The van der Waals surface area contributed by atoms with Crippen molar-refractivity contribution in [1.29, 1.82) is 0 Å². The molecule has 0 radical (unpaired) electrons. The Morgan fingerprint density at radius 1 is 0.837 bits per heavy atom. The SMILES string of the molecule is CCOC(=O)C[C@H](S)[C@H](CC(C)C)NC(=O)[C@H](Cc1c[nH]cn1)NC(=O)[C@H](Cc1cccc2ccccc12)NC(=O)OCc1ccccc1. The molecule has 11 nitrogen and oxygen atoms in total. The molecule has 4 atom stereocenters. The van der Waals surface area contributed by atoms with Crippen molar-refractivity contribution in [2.45, 2.75) is 76.4 Å². The summed E-state index contributed by atoms with van der Waals surface area (Å²) < 4.78 is 10.6. The number of carbonyl (C=O) groups is 4. The van der Waals surface area contributed by atoms with Crippen LogP contribution in [-0.2, 0) is 43.3 Å². The average Bonchev–Trinajstić information content (AvgIpc) is 3.60. The van der Waals surface area contributed by atoms with Crippen LogP contribution in [-0.4, -0.2) is 63.8 Å². The van der Waals surface area contributed by atoms with E-state index in [4.69, 9.17) is 9.47 Å². The fourth-order valence-electron chi connectivity index (χ4n) is 5.54. The molecule has 4 aromatic rings. The number of benzene rings is 3. The standard InChI is InChI=1S/C37H45N5O6S/c1-4-47-34(43)20-33(49)30(17-24(2)3)40-36(45)32(19-28-21-38-23-39-28)41-35(44)31(42-37(46)48-22-25-11-6-5-7-12-25)18-27-15-10-14-26-13-8-9-16-29(26)27/h5-16,21,23-24,30-33,49H,4,17-20,22H2,1-3H3,(H,38,39)(H,40,45)(H,41,44)(H,42,46)/t30-,31-,32-,33-/m0/s1. The van der Waals surface area contributed by atoms with Crippen LogP contribution < -0.4 is 16.0 Å². The normalized spacial score (nSPS) is 13.6. The molecule has 4 rings (SSSR count). The molecular formula is C37H45N5O6S. The van der Waals surface area contributed by atoms with Gasteiger partial charge in [0.05, 0.1) is 25.0 Å². The van der Waals surface area contributed by atoms with E-state index in [1.165, 1.54) is 6.33 Å². The monoisotopic (exact) mass is 687 g/mol. The van der Waals surface area contributed by atoms with Gasteiger partial charge in [0, 0.05) is 30.3 Å². The topological polar surface area (TPSA) is 152 Å². The summed E-state index contributed by atoms with van der Waals surface area (Å²) in [6.07, 6.45) is 3.13. The van der Waals surface area contributed by atoms with E-state index in [-0.39, 0.29) is 38.4 Å². The number of rotatable bonds is 17. The van der Waals surface area contributed by atoms with E-state index in [2.05, 4.69) is 38.5 Å². The number of nitrogens with one attached hydrogen (secondary N) is 4. The molecule has 0 aliphatic heterocycles. The Morgan fingerprint density at radius 2 is 1.53 bits per heavy atom. The summed E-state index contributed by atoms with van der Waals surface area (Å²) in [5.41, 5.74) is 2.18. The number of imidazole rings is 1. The van der Waals surface area contributed by atoms with Gasteiger partial charge in [0.25, 0.3) is 0 Å². The van der Waals surface area contributed by atoms with Crippen molar-refractivity contribution >= 4 is 47.3 Å². The van der Waals surface area contributed by atoms with Crippen LogP contribution in [0.4, 0.5) is 4.79 Å². The molecule has 4 N–H and O–H groups in total. The molecule has 0 saturated carbocycles. The number of H-pyrrole nitrogens is 1. The highest BCUT2D eigenvalue weighted by molar-refractivity contribution is 7.81. The minimum absolute atomic E-state index is 0.00707. The molecule has 1 aromatic heterocycles. The van der Waals surface area contributed by atoms with Gasteiger partial charge >= 0.3 is 12.1 Å². The van der Waals surface area contributed by atoms with Crippen molar-refractivity contribution < 1.29 is 28.7 Å². The molecule has 1 heterocycles. The number of hydrogen-bond donors (Lipinski definition) is 5. The van der Waals surface area contributed by atoms with E-state index in [1.807, 2.05) is 86.6 Å². The number of esters is 1. The predicted molar refractivity (Wildman–Crippen MR) is 191 cm³/mol. The molecule has 49 heavy (non-hydrogen) atoms. The number of amides is 3. The molecule has 0 spiro atoms. The van der Waals surface area contributed by atoms with Gasteiger partial charge in [0.2, 0.25) is 11.8 Å². The Morgan fingerprint density at radius 3 is 2.24 bits per heavy atom. The quantitative estimate of drug-likeness (QED) is 0.0782. The van der Waals surface area contributed by atoms with Crippen LogP contribution in [0, 0.1) is 5.92 Å². The van der Waals surface area contributed by atoms with Gasteiger partial charge in [0.1, 0.15) is 18.7 Å². The lowest BCUT2D eigenvalue weighted by Gasteiger charge is -2.29. The third kappa shape index (κ3) is 11.7. The molecule has 0 aliphatic carbocycles. The second-order valence-electron chi connectivity index (χ2n) is 12.2. The maximum absolute atomic E-state index is 14.1. The van der Waals surface area contributed by atoms with Gasteiger partial charge in [-0.3, -0.25) is 14.4 Å². The van der Waals surface area contributed by atoms with Crippen LogP contribution in [0.5, 0.6) is 0 Å². The Kier molecular flexibility index (Phi) is 14.1. The molecule has 260 valence electrons. The zero-order chi connectivity index (χ0) is 35.2. The predicted octanol–water partition coefficient (Wildman–Crippen LogP) is 4.91. The van der Waals surface area contributed by atoms with Crippen molar-refractivity contribution in [2.75, 3.05) is 6.61 Å². The van der Waals surface area contributed by atoms with Crippen LogP contribution in [0.15, 0.2) is 85.3 Å². The number of nitrogens with zero attached hydrogens (tertiary/aromatic N) is 1. The second-order valence-corrected chi connectivity index (χ2v) is 12.9. The fraction of sp³-hybridized carbons (Fsp3) is 0.378. The fourth-order valence-corrected chi connectivity index (χ4v) is 5.88. The van der Waals surface area contributed by atoms with Crippen molar-refractivity contribution in [1.82, 2.24) is 25.9 Å². The highest BCUT2D eigenvalue weighted by Crippen LogP contribution is 2.21. The Bertz CT molecular complexity index is 1660. The highest BCUT2D eigenvalue weighted by atomic mass is 32.1. The van der Waals surface area contributed by atoms with Gasteiger partial charge in [-0.05, 0) is 41.2 Å². The zero-order valence-corrected chi connectivity index (χ0v) is 29.0. The van der Waals surface area contributed by atoms with E-state index < -0.39 is 47.3 Å².